The first-order chi connectivity index (χ1) is 9.06. The molecule has 19 heavy (non-hydrogen) atoms. The fourth-order valence-corrected chi connectivity index (χ4v) is 1.59. The smallest absolute Gasteiger partial charge is 0.233 e. The molecule has 0 aliphatic rings. The minimum absolute atomic E-state index is 0.0788. The number of aliphatic hydroxyl groups excluding tert-OH is 1. The highest BCUT2D eigenvalue weighted by molar-refractivity contribution is 5.77. The second kappa shape index (κ2) is 7.52. The molecule has 0 heterocycles. The summed E-state index contributed by atoms with van der Waals surface area (Å²) in [6.07, 6.45) is 0. The fourth-order valence-electron chi connectivity index (χ4n) is 1.59. The largest absolute Gasteiger partial charge is 0.384 e. The third-order valence-corrected chi connectivity index (χ3v) is 2.48. The van der Waals surface area contributed by atoms with Gasteiger partial charge in [-0.05, 0) is 24.7 Å². The molecule has 0 saturated carbocycles. The Morgan fingerprint density at radius 3 is 2.89 bits per heavy atom. The number of likely N-dealkylation sites (N-methyl/N-ethyl adjacent to an activating group) is 2. The highest BCUT2D eigenvalue weighted by atomic mass is 19.1. The first-order valence-electron chi connectivity index (χ1n) is 5.84. The van der Waals surface area contributed by atoms with Gasteiger partial charge in [-0.1, -0.05) is 17.9 Å². The number of nitrogens with one attached hydrogen (secondary N) is 1. The van der Waals surface area contributed by atoms with E-state index in [2.05, 4.69) is 17.2 Å². The standard InChI is InChI=1S/C14H17FN2O2/c1-16-14(19)10-17(2)9-11-5-6-13(15)12(8-11)4-3-7-18/h5-6,8,18H,7,9-10H2,1-2H3,(H,16,19). The van der Waals surface area contributed by atoms with Crippen LogP contribution in [0.3, 0.4) is 0 Å². The molecule has 0 aliphatic heterocycles. The zero-order valence-electron chi connectivity index (χ0n) is 11.0. The highest BCUT2D eigenvalue weighted by Crippen LogP contribution is 2.11. The van der Waals surface area contributed by atoms with Crippen LogP contribution in [0.2, 0.25) is 0 Å². The minimum atomic E-state index is -0.418. The van der Waals surface area contributed by atoms with Crippen LogP contribution in [0.25, 0.3) is 0 Å². The van der Waals surface area contributed by atoms with Crippen LogP contribution in [0.15, 0.2) is 18.2 Å². The van der Waals surface area contributed by atoms with Crippen LogP contribution in [-0.4, -0.2) is 43.2 Å². The van der Waals surface area contributed by atoms with Gasteiger partial charge in [0, 0.05) is 13.6 Å². The third kappa shape index (κ3) is 5.08. The Labute approximate surface area is 112 Å². The van der Waals surface area contributed by atoms with Gasteiger partial charge in [-0.3, -0.25) is 9.69 Å². The summed E-state index contributed by atoms with van der Waals surface area (Å²) < 4.78 is 13.4. The molecular weight excluding hydrogens is 247 g/mol. The predicted molar refractivity (Wildman–Crippen MR) is 70.8 cm³/mol. The number of rotatable bonds is 4. The van der Waals surface area contributed by atoms with Gasteiger partial charge in [0.2, 0.25) is 5.91 Å². The molecule has 0 saturated heterocycles. The Kier molecular flexibility index (Phi) is 6.00. The Bertz CT molecular complexity index is 506. The third-order valence-electron chi connectivity index (χ3n) is 2.48. The van der Waals surface area contributed by atoms with Gasteiger partial charge in [-0.25, -0.2) is 4.39 Å². The summed E-state index contributed by atoms with van der Waals surface area (Å²) in [5.41, 5.74) is 1.11. The van der Waals surface area contributed by atoms with Gasteiger partial charge in [-0.15, -0.1) is 0 Å². The summed E-state index contributed by atoms with van der Waals surface area (Å²) in [7, 11) is 3.38. The lowest BCUT2D eigenvalue weighted by Crippen LogP contribution is -2.32. The predicted octanol–water partition coefficient (Wildman–Crippen LogP) is 0.347. The van der Waals surface area contributed by atoms with Gasteiger partial charge in [0.1, 0.15) is 12.4 Å². The van der Waals surface area contributed by atoms with Crippen LogP contribution in [0.5, 0.6) is 0 Å². The Balaban J connectivity index is 2.76. The zero-order valence-corrected chi connectivity index (χ0v) is 11.0. The lowest BCUT2D eigenvalue weighted by molar-refractivity contribution is -0.121. The Hall–Kier alpha value is -1.90. The van der Waals surface area contributed by atoms with Crippen LogP contribution < -0.4 is 5.32 Å². The Morgan fingerprint density at radius 1 is 1.53 bits per heavy atom. The van der Waals surface area contributed by atoms with Gasteiger partial charge in [-0.2, -0.15) is 0 Å². The van der Waals surface area contributed by atoms with Crippen molar-refractivity contribution in [1.82, 2.24) is 10.2 Å². The van der Waals surface area contributed by atoms with Crippen molar-refractivity contribution in [3.8, 4) is 11.8 Å². The van der Waals surface area contributed by atoms with Gasteiger partial charge in [0.15, 0.2) is 0 Å². The molecule has 0 spiro atoms. The first kappa shape index (κ1) is 15.2. The number of hydrogen-bond donors (Lipinski definition) is 2. The molecule has 4 nitrogen and oxygen atoms in total. The number of carbonyl (C=O) groups is 1. The van der Waals surface area contributed by atoms with Crippen molar-refractivity contribution in [3.63, 3.8) is 0 Å². The maximum absolute atomic E-state index is 13.4. The van der Waals surface area contributed by atoms with Gasteiger partial charge >= 0.3 is 0 Å². The van der Waals surface area contributed by atoms with E-state index in [1.807, 2.05) is 4.90 Å². The summed E-state index contributed by atoms with van der Waals surface area (Å²) in [5.74, 6) is 4.47. The highest BCUT2D eigenvalue weighted by Gasteiger charge is 2.07. The van der Waals surface area contributed by atoms with E-state index in [1.54, 1.807) is 26.2 Å². The summed E-state index contributed by atoms with van der Waals surface area (Å²) in [5, 5.41) is 11.2. The molecular formula is C14H17FN2O2. The minimum Gasteiger partial charge on any atom is -0.384 e. The van der Waals surface area contributed by atoms with E-state index < -0.39 is 5.82 Å². The fraction of sp³-hybridized carbons (Fsp3) is 0.357. The normalized spacial score (nSPS) is 9.95. The van der Waals surface area contributed by atoms with Crippen LogP contribution in [-0.2, 0) is 11.3 Å². The van der Waals surface area contributed by atoms with E-state index in [1.165, 1.54) is 6.07 Å². The monoisotopic (exact) mass is 264 g/mol. The van der Waals surface area contributed by atoms with Crippen molar-refractivity contribution in [3.05, 3.63) is 35.1 Å². The van der Waals surface area contributed by atoms with E-state index >= 15 is 0 Å². The second-order valence-corrected chi connectivity index (χ2v) is 4.12. The van der Waals surface area contributed by atoms with Crippen LogP contribution in [0, 0.1) is 17.7 Å². The van der Waals surface area contributed by atoms with Crippen molar-refractivity contribution >= 4 is 5.91 Å². The molecule has 0 atom stereocenters. The molecule has 5 heteroatoms. The van der Waals surface area contributed by atoms with Crippen LogP contribution in [0.4, 0.5) is 4.39 Å². The molecule has 1 aromatic rings. The summed E-state index contributed by atoms with van der Waals surface area (Å²) in [6, 6.07) is 4.61. The van der Waals surface area contributed by atoms with Crippen molar-refractivity contribution in [2.24, 2.45) is 0 Å². The molecule has 0 aliphatic carbocycles. The number of benzene rings is 1. The number of nitrogens with zero attached hydrogens (tertiary/aromatic N) is 1. The average molecular weight is 264 g/mol. The molecule has 1 amide bonds. The van der Waals surface area contributed by atoms with Crippen molar-refractivity contribution in [1.29, 1.82) is 0 Å². The van der Waals surface area contributed by atoms with Gasteiger partial charge in [0.05, 0.1) is 12.1 Å². The van der Waals surface area contributed by atoms with Gasteiger partial charge < -0.3 is 10.4 Å². The topological polar surface area (TPSA) is 52.6 Å². The maximum atomic E-state index is 13.4. The number of aliphatic hydroxyl groups is 1. The molecule has 0 radical (unpaired) electrons. The van der Waals surface area contributed by atoms with Gasteiger partial charge in [0.25, 0.3) is 0 Å². The number of hydrogen-bond acceptors (Lipinski definition) is 3. The molecule has 0 unspecified atom stereocenters. The van der Waals surface area contributed by atoms with E-state index in [4.69, 9.17) is 5.11 Å². The van der Waals surface area contributed by atoms with E-state index in [-0.39, 0.29) is 24.6 Å². The second-order valence-electron chi connectivity index (χ2n) is 4.12. The summed E-state index contributed by atoms with van der Waals surface area (Å²) in [6.45, 7) is 0.479. The molecule has 2 N–H and O–H groups in total. The molecule has 102 valence electrons. The van der Waals surface area contributed by atoms with Crippen LogP contribution in [0.1, 0.15) is 11.1 Å². The van der Waals surface area contributed by atoms with Crippen molar-refractivity contribution in [2.75, 3.05) is 27.2 Å². The maximum Gasteiger partial charge on any atom is 0.233 e. The number of amides is 1. The lowest BCUT2D eigenvalue weighted by atomic mass is 10.1. The summed E-state index contributed by atoms with van der Waals surface area (Å²) in [4.78, 5) is 13.0. The van der Waals surface area contributed by atoms with E-state index in [0.717, 1.165) is 5.56 Å². The van der Waals surface area contributed by atoms with Crippen molar-refractivity contribution in [2.45, 2.75) is 6.54 Å². The molecule has 1 aromatic carbocycles. The zero-order chi connectivity index (χ0) is 14.3. The SMILES string of the molecule is CNC(=O)CN(C)Cc1ccc(F)c(C#CCO)c1. The summed E-state index contributed by atoms with van der Waals surface area (Å²) >= 11 is 0. The van der Waals surface area contributed by atoms with Crippen molar-refractivity contribution < 1.29 is 14.3 Å². The molecule has 0 fully saturated rings. The number of carbonyl (C=O) groups excluding carboxylic acids is 1. The van der Waals surface area contributed by atoms with E-state index in [9.17, 15) is 9.18 Å². The van der Waals surface area contributed by atoms with E-state index in [0.29, 0.717) is 6.54 Å². The first-order valence-corrected chi connectivity index (χ1v) is 5.84. The van der Waals surface area contributed by atoms with Crippen LogP contribution >= 0.6 is 0 Å². The molecule has 0 aromatic heterocycles. The lowest BCUT2D eigenvalue weighted by Gasteiger charge is -2.15. The molecule has 1 rings (SSSR count). The molecule has 0 bridgehead atoms. The average Bonchev–Trinajstić information content (AvgIpc) is 2.39. The quantitative estimate of drug-likeness (QED) is 0.771. The number of halogens is 1. The Morgan fingerprint density at radius 2 is 2.26 bits per heavy atom.